The van der Waals surface area contributed by atoms with Crippen LogP contribution in [0.25, 0.3) is 4.85 Å². The molecule has 1 aliphatic heterocycles. The normalized spacial score (nSPS) is 22.5. The molecule has 3 rings (SSSR count). The van der Waals surface area contributed by atoms with Gasteiger partial charge in [0.15, 0.2) is 5.69 Å². The molecule has 1 aliphatic rings. The van der Waals surface area contributed by atoms with Crippen LogP contribution in [0.1, 0.15) is 83.3 Å². The average Bonchev–Trinajstić information content (AvgIpc) is 3.07. The maximum absolute atomic E-state index is 14.8. The lowest BCUT2D eigenvalue weighted by molar-refractivity contribution is -0.0568. The van der Waals surface area contributed by atoms with Crippen LogP contribution < -0.4 is 0 Å². The molecule has 4 heteroatoms. The largest absolute Gasteiger partial charge is 0.358 e. The fraction of sp³-hybridized carbons (Fsp3) is 0.536. The Morgan fingerprint density at radius 2 is 1.81 bits per heavy atom. The molecule has 0 saturated carbocycles. The molecule has 0 aliphatic carbocycles. The van der Waals surface area contributed by atoms with E-state index in [2.05, 4.69) is 37.6 Å². The Balaban J connectivity index is 2.43. The van der Waals surface area contributed by atoms with Gasteiger partial charge in [0, 0.05) is 12.6 Å². The van der Waals surface area contributed by atoms with Crippen molar-refractivity contribution in [2.45, 2.75) is 79.6 Å². The summed E-state index contributed by atoms with van der Waals surface area (Å²) in [5, 5.41) is 0. The van der Waals surface area contributed by atoms with Crippen molar-refractivity contribution >= 4 is 5.69 Å². The summed E-state index contributed by atoms with van der Waals surface area (Å²) in [5.74, 6) is -0.577. The van der Waals surface area contributed by atoms with Crippen molar-refractivity contribution < 1.29 is 13.2 Å². The van der Waals surface area contributed by atoms with E-state index < -0.39 is 23.6 Å². The van der Waals surface area contributed by atoms with Gasteiger partial charge in [-0.3, -0.25) is 0 Å². The lowest BCUT2D eigenvalue weighted by atomic mass is 9.75. The molecule has 2 unspecified atom stereocenters. The molecule has 1 heterocycles. The summed E-state index contributed by atoms with van der Waals surface area (Å²) in [4.78, 5) is 5.96. The zero-order valence-electron chi connectivity index (χ0n) is 23.8. The summed E-state index contributed by atoms with van der Waals surface area (Å²) in [6.45, 7) is 23.9. The molecule has 0 bridgehead atoms. The Hall–Kier alpha value is -2.22. The van der Waals surface area contributed by atoms with Crippen molar-refractivity contribution in [3.05, 3.63) is 74.3 Å². The highest BCUT2D eigenvalue weighted by atomic mass is 19.1. The molecule has 0 N–H and O–H groups in total. The second-order valence-electron chi connectivity index (χ2n) is 9.74. The van der Waals surface area contributed by atoms with E-state index in [1.165, 1.54) is 0 Å². The van der Waals surface area contributed by atoms with Crippen molar-refractivity contribution in [2.75, 3.05) is 13.6 Å². The van der Waals surface area contributed by atoms with E-state index in [0.717, 1.165) is 17.7 Å². The first-order valence-corrected chi connectivity index (χ1v) is 11.4. The maximum Gasteiger partial charge on any atom is 0.193 e. The molecule has 3 atom stereocenters. The molecule has 2 aromatic carbocycles. The van der Waals surface area contributed by atoms with E-state index in [1.54, 1.807) is 20.8 Å². The van der Waals surface area contributed by atoms with E-state index in [0.29, 0.717) is 46.0 Å². The van der Waals surface area contributed by atoms with Crippen LogP contribution in [0.3, 0.4) is 0 Å². The molecular weight excluding hydrogens is 399 g/mol. The van der Waals surface area contributed by atoms with Gasteiger partial charge in [-0.05, 0) is 113 Å². The third-order valence-corrected chi connectivity index (χ3v) is 7.08. The third-order valence-electron chi connectivity index (χ3n) is 7.08. The third kappa shape index (κ3) is 3.98. The average molecular weight is 440 g/mol. The Labute approximate surface area is 197 Å². The number of nitrogens with zero attached hydrogens (tertiary/aromatic N) is 2. The SMILES string of the molecule is [2H]c1c([2H])c([C@]2(CC(C)CN(C)C(C)C)OC(C)c3c(C)c([N+]#[C-])c(C)c([2H])c32)c(C)c(C)c1F. The lowest BCUT2D eigenvalue weighted by Gasteiger charge is -2.37. The second kappa shape index (κ2) is 8.96. The highest BCUT2D eigenvalue weighted by molar-refractivity contribution is 5.66. The minimum absolute atomic E-state index is 0.111. The highest BCUT2D eigenvalue weighted by Crippen LogP contribution is 2.54. The summed E-state index contributed by atoms with van der Waals surface area (Å²) in [7, 11) is 2.07. The zero-order valence-corrected chi connectivity index (χ0v) is 20.8. The summed E-state index contributed by atoms with van der Waals surface area (Å²) in [5.41, 5.74) is 3.50. The minimum Gasteiger partial charge on any atom is -0.358 e. The molecule has 0 saturated heterocycles. The van der Waals surface area contributed by atoms with Crippen LogP contribution in [0.5, 0.6) is 0 Å². The standard InChI is InChI=1S/C28H37FN2O/c1-16(2)31(10)15-17(3)14-28(23-11-12-25(29)20(6)19(23)5)24-13-18(4)27(30-9)21(7)26(24)22(8)32-28/h11-13,16-17,22H,14-15H2,1-8,10H3/t17?,22?,28-/m0/s1/i11D,12D,13D. The molecular formula is C28H37FN2O. The Morgan fingerprint density at radius 1 is 1.16 bits per heavy atom. The van der Waals surface area contributed by atoms with Crippen molar-refractivity contribution in [1.82, 2.24) is 4.90 Å². The van der Waals surface area contributed by atoms with Gasteiger partial charge < -0.3 is 9.64 Å². The van der Waals surface area contributed by atoms with Gasteiger partial charge >= 0.3 is 0 Å². The van der Waals surface area contributed by atoms with Gasteiger partial charge in [-0.1, -0.05) is 19.0 Å². The number of hydrogen-bond donors (Lipinski definition) is 0. The first-order chi connectivity index (χ1) is 16.2. The molecule has 0 radical (unpaired) electrons. The summed E-state index contributed by atoms with van der Waals surface area (Å²) < 4.78 is 47.9. The van der Waals surface area contributed by atoms with Crippen molar-refractivity contribution in [2.24, 2.45) is 5.92 Å². The maximum atomic E-state index is 14.8. The van der Waals surface area contributed by atoms with Crippen LogP contribution in [0, 0.1) is 46.0 Å². The summed E-state index contributed by atoms with van der Waals surface area (Å²) in [6.07, 6.45) is 0.0596. The Morgan fingerprint density at radius 3 is 2.41 bits per heavy atom. The van der Waals surface area contributed by atoms with Gasteiger partial charge in [-0.2, -0.15) is 0 Å². The van der Waals surface area contributed by atoms with Crippen LogP contribution >= 0.6 is 0 Å². The van der Waals surface area contributed by atoms with E-state index in [1.807, 2.05) is 13.8 Å². The summed E-state index contributed by atoms with van der Waals surface area (Å²) in [6, 6.07) is -0.0588. The highest BCUT2D eigenvalue weighted by Gasteiger charge is 2.48. The van der Waals surface area contributed by atoms with Crippen molar-refractivity contribution in [3.63, 3.8) is 0 Å². The first-order valence-electron chi connectivity index (χ1n) is 12.9. The van der Waals surface area contributed by atoms with Crippen LogP contribution in [-0.4, -0.2) is 24.5 Å². The topological polar surface area (TPSA) is 16.8 Å². The van der Waals surface area contributed by atoms with E-state index in [-0.39, 0.29) is 18.0 Å². The van der Waals surface area contributed by atoms with Gasteiger partial charge in [0.2, 0.25) is 0 Å². The number of halogens is 1. The quantitative estimate of drug-likeness (QED) is 0.439. The van der Waals surface area contributed by atoms with Gasteiger partial charge in [0.1, 0.15) is 11.4 Å². The Kier molecular flexibility index (Phi) is 5.71. The Bertz CT molecular complexity index is 1190. The number of rotatable bonds is 6. The minimum atomic E-state index is -1.19. The molecule has 172 valence electrons. The molecule has 32 heavy (non-hydrogen) atoms. The van der Waals surface area contributed by atoms with Crippen molar-refractivity contribution in [1.29, 1.82) is 0 Å². The predicted molar refractivity (Wildman–Crippen MR) is 130 cm³/mol. The molecule has 3 nitrogen and oxygen atoms in total. The van der Waals surface area contributed by atoms with Crippen LogP contribution in [0.15, 0.2) is 18.1 Å². The zero-order chi connectivity index (χ0) is 26.6. The lowest BCUT2D eigenvalue weighted by Crippen LogP contribution is -2.36. The fourth-order valence-corrected chi connectivity index (χ4v) is 5.08. The molecule has 0 aromatic heterocycles. The van der Waals surface area contributed by atoms with Crippen LogP contribution in [-0.2, 0) is 10.3 Å². The number of hydrogen-bond acceptors (Lipinski definition) is 2. The first kappa shape index (κ1) is 20.4. The smallest absolute Gasteiger partial charge is 0.193 e. The number of fused-ring (bicyclic) bond motifs is 1. The number of benzene rings is 2. The van der Waals surface area contributed by atoms with E-state index >= 15 is 0 Å². The monoisotopic (exact) mass is 439 g/mol. The van der Waals surface area contributed by atoms with E-state index in [4.69, 9.17) is 15.4 Å². The van der Waals surface area contributed by atoms with Gasteiger partial charge in [-0.25, -0.2) is 9.24 Å². The van der Waals surface area contributed by atoms with Gasteiger partial charge in [0.05, 0.1) is 16.8 Å². The van der Waals surface area contributed by atoms with Crippen molar-refractivity contribution in [3.8, 4) is 0 Å². The van der Waals surface area contributed by atoms with Crippen LogP contribution in [0.2, 0.25) is 0 Å². The van der Waals surface area contributed by atoms with Gasteiger partial charge in [0.25, 0.3) is 0 Å². The number of ether oxygens (including phenoxy) is 1. The molecule has 0 fully saturated rings. The van der Waals surface area contributed by atoms with Crippen LogP contribution in [0.4, 0.5) is 10.1 Å². The predicted octanol–water partition coefficient (Wildman–Crippen LogP) is 7.31. The molecule has 0 amide bonds. The second-order valence-corrected chi connectivity index (χ2v) is 9.74. The van der Waals surface area contributed by atoms with Gasteiger partial charge in [-0.15, -0.1) is 0 Å². The molecule has 0 spiro atoms. The van der Waals surface area contributed by atoms with E-state index in [9.17, 15) is 4.39 Å². The fourth-order valence-electron chi connectivity index (χ4n) is 5.08. The molecule has 2 aromatic rings. The summed E-state index contributed by atoms with van der Waals surface area (Å²) >= 11 is 0.